The van der Waals surface area contributed by atoms with E-state index in [0.29, 0.717) is 5.92 Å². The Morgan fingerprint density at radius 2 is 2.38 bits per heavy atom. The van der Waals surface area contributed by atoms with Crippen molar-refractivity contribution in [1.29, 1.82) is 0 Å². The molecule has 0 aliphatic carbocycles. The van der Waals surface area contributed by atoms with E-state index in [-0.39, 0.29) is 0 Å². The molecule has 5 heteroatoms. The monoisotopic (exact) mass is 314 g/mol. The highest BCUT2D eigenvalue weighted by Gasteiger charge is 2.19. The van der Waals surface area contributed by atoms with E-state index in [1.807, 2.05) is 0 Å². The van der Waals surface area contributed by atoms with Crippen LogP contribution in [0.25, 0.3) is 9.88 Å². The second-order valence-corrected chi connectivity index (χ2v) is 7.19. The van der Waals surface area contributed by atoms with Gasteiger partial charge < -0.3 is 5.32 Å². The molecule has 1 fully saturated rings. The zero-order valence-electron chi connectivity index (χ0n) is 8.57. The summed E-state index contributed by atoms with van der Waals surface area (Å²) < 4.78 is 1.17. The Morgan fingerprint density at radius 3 is 3.06 bits per heavy atom. The minimum Gasteiger partial charge on any atom is -0.316 e. The highest BCUT2D eigenvalue weighted by atomic mass is 79.9. The van der Waals surface area contributed by atoms with Crippen molar-refractivity contribution in [3.05, 3.63) is 27.0 Å². The number of nitrogens with zero attached hydrogens (tertiary/aromatic N) is 1. The quantitative estimate of drug-likeness (QED) is 0.914. The number of nitrogens with one attached hydrogen (secondary N) is 1. The maximum Gasteiger partial charge on any atom is 0.133 e. The van der Waals surface area contributed by atoms with Crippen molar-refractivity contribution in [2.45, 2.75) is 12.3 Å². The first-order chi connectivity index (χ1) is 7.83. The molecule has 2 nitrogen and oxygen atoms in total. The minimum absolute atomic E-state index is 0.619. The number of thiazole rings is 1. The molecule has 1 saturated heterocycles. The third-order valence-electron chi connectivity index (χ3n) is 2.78. The Hall–Kier alpha value is -0.230. The van der Waals surface area contributed by atoms with Crippen LogP contribution >= 0.6 is 38.6 Å². The first-order valence-electron chi connectivity index (χ1n) is 5.25. The molecule has 0 aromatic carbocycles. The summed E-state index contributed by atoms with van der Waals surface area (Å²) in [4.78, 5) is 6.00. The molecule has 0 amide bonds. The van der Waals surface area contributed by atoms with Crippen molar-refractivity contribution in [2.75, 3.05) is 13.1 Å². The van der Waals surface area contributed by atoms with Crippen molar-refractivity contribution >= 4 is 38.6 Å². The summed E-state index contributed by atoms with van der Waals surface area (Å²) in [6.07, 6.45) is 1.22. The molecule has 1 unspecified atom stereocenters. The van der Waals surface area contributed by atoms with E-state index >= 15 is 0 Å². The summed E-state index contributed by atoms with van der Waals surface area (Å²) in [7, 11) is 0. The van der Waals surface area contributed by atoms with E-state index in [1.165, 1.54) is 20.8 Å². The van der Waals surface area contributed by atoms with Gasteiger partial charge in [-0.1, -0.05) is 0 Å². The predicted octanol–water partition coefficient (Wildman–Crippen LogP) is 3.71. The van der Waals surface area contributed by atoms with Crippen molar-refractivity contribution < 1.29 is 0 Å². The maximum atomic E-state index is 4.74. The number of rotatable bonds is 2. The van der Waals surface area contributed by atoms with Crippen LogP contribution in [0.2, 0.25) is 0 Å². The second-order valence-electron chi connectivity index (χ2n) is 3.87. The van der Waals surface area contributed by atoms with Crippen LogP contribution in [0.4, 0.5) is 0 Å². The van der Waals surface area contributed by atoms with Gasteiger partial charge in [0, 0.05) is 17.8 Å². The Bertz CT molecular complexity index is 486. The Labute approximate surface area is 111 Å². The van der Waals surface area contributed by atoms with Gasteiger partial charge in [0.1, 0.15) is 5.01 Å². The number of hydrogen-bond acceptors (Lipinski definition) is 4. The lowest BCUT2D eigenvalue weighted by molar-refractivity contribution is 0.742. The zero-order chi connectivity index (χ0) is 11.0. The molecule has 0 saturated carbocycles. The zero-order valence-corrected chi connectivity index (χ0v) is 11.8. The van der Waals surface area contributed by atoms with Crippen molar-refractivity contribution in [3.8, 4) is 9.88 Å². The van der Waals surface area contributed by atoms with Crippen LogP contribution in [0.5, 0.6) is 0 Å². The lowest BCUT2D eigenvalue weighted by atomic mass is 10.1. The van der Waals surface area contributed by atoms with Gasteiger partial charge in [-0.3, -0.25) is 0 Å². The third kappa shape index (κ3) is 2.09. The summed E-state index contributed by atoms with van der Waals surface area (Å²) in [5.41, 5.74) is 1.26. The van der Waals surface area contributed by atoms with Gasteiger partial charge >= 0.3 is 0 Å². The summed E-state index contributed by atoms with van der Waals surface area (Å²) in [6.45, 7) is 2.21. The topological polar surface area (TPSA) is 24.9 Å². The molecule has 0 radical (unpaired) electrons. The van der Waals surface area contributed by atoms with E-state index in [2.05, 4.69) is 38.8 Å². The number of hydrogen-bond donors (Lipinski definition) is 1. The third-order valence-corrected chi connectivity index (χ3v) is 5.44. The lowest BCUT2D eigenvalue weighted by Crippen LogP contribution is -2.08. The molecule has 0 spiro atoms. The number of thiophene rings is 1. The first kappa shape index (κ1) is 10.9. The molecule has 2 aromatic heterocycles. The van der Waals surface area contributed by atoms with Gasteiger partial charge in [0.2, 0.25) is 0 Å². The normalized spacial score (nSPS) is 20.4. The molecule has 3 heterocycles. The van der Waals surface area contributed by atoms with Gasteiger partial charge in [0.05, 0.1) is 14.4 Å². The molecule has 3 rings (SSSR count). The summed E-state index contributed by atoms with van der Waals surface area (Å²) in [5, 5.41) is 6.74. The van der Waals surface area contributed by atoms with E-state index < -0.39 is 0 Å². The molecule has 84 valence electrons. The van der Waals surface area contributed by atoms with Crippen molar-refractivity contribution in [2.24, 2.45) is 0 Å². The Balaban J connectivity index is 1.87. The van der Waals surface area contributed by atoms with Crippen LogP contribution in [0.1, 0.15) is 18.0 Å². The van der Waals surface area contributed by atoms with E-state index in [0.717, 1.165) is 18.1 Å². The molecule has 1 atom stereocenters. The number of aromatic nitrogens is 1. The fourth-order valence-corrected chi connectivity index (χ4v) is 4.28. The number of halogens is 1. The van der Waals surface area contributed by atoms with Crippen molar-refractivity contribution in [1.82, 2.24) is 10.3 Å². The highest BCUT2D eigenvalue weighted by molar-refractivity contribution is 9.11. The van der Waals surface area contributed by atoms with Crippen LogP contribution in [0, 0.1) is 0 Å². The summed E-state index contributed by atoms with van der Waals surface area (Å²) in [6, 6.07) is 4.21. The van der Waals surface area contributed by atoms with Gasteiger partial charge in [-0.05, 0) is 41.0 Å². The van der Waals surface area contributed by atoms with Crippen LogP contribution in [-0.4, -0.2) is 18.1 Å². The van der Waals surface area contributed by atoms with Gasteiger partial charge in [0.15, 0.2) is 0 Å². The highest BCUT2D eigenvalue weighted by Crippen LogP contribution is 2.35. The average Bonchev–Trinajstić information content (AvgIpc) is 2.97. The first-order valence-corrected chi connectivity index (χ1v) is 7.74. The standard InChI is InChI=1S/C11H11BrN2S2/c12-10-2-1-9(16-10)11-14-8(6-15-11)7-3-4-13-5-7/h1-2,6-7,13H,3-5H2. The van der Waals surface area contributed by atoms with Crippen LogP contribution in [0.3, 0.4) is 0 Å². The van der Waals surface area contributed by atoms with Gasteiger partial charge in [-0.2, -0.15) is 0 Å². The molecule has 1 aliphatic rings. The van der Waals surface area contributed by atoms with Crippen LogP contribution < -0.4 is 5.32 Å². The second kappa shape index (κ2) is 4.56. The summed E-state index contributed by atoms with van der Waals surface area (Å²) >= 11 is 6.99. The largest absolute Gasteiger partial charge is 0.316 e. The molecule has 1 aliphatic heterocycles. The maximum absolute atomic E-state index is 4.74. The lowest BCUT2D eigenvalue weighted by Gasteiger charge is -2.01. The molecular formula is C11H11BrN2S2. The van der Waals surface area contributed by atoms with Crippen molar-refractivity contribution in [3.63, 3.8) is 0 Å². The fourth-order valence-electron chi connectivity index (χ4n) is 1.92. The average molecular weight is 315 g/mol. The molecular weight excluding hydrogens is 304 g/mol. The van der Waals surface area contributed by atoms with E-state index in [1.54, 1.807) is 22.7 Å². The Kier molecular flexibility index (Phi) is 3.11. The van der Waals surface area contributed by atoms with Crippen LogP contribution in [0.15, 0.2) is 21.3 Å². The Morgan fingerprint density at radius 1 is 1.44 bits per heavy atom. The fraction of sp³-hybridized carbons (Fsp3) is 0.364. The smallest absolute Gasteiger partial charge is 0.133 e. The molecule has 1 N–H and O–H groups in total. The SMILES string of the molecule is Brc1ccc(-c2nc(C3CCNC3)cs2)s1. The van der Waals surface area contributed by atoms with E-state index in [4.69, 9.17) is 4.98 Å². The molecule has 0 bridgehead atoms. The summed E-state index contributed by atoms with van der Waals surface area (Å²) in [5.74, 6) is 0.619. The van der Waals surface area contributed by atoms with Gasteiger partial charge in [-0.15, -0.1) is 22.7 Å². The molecule has 16 heavy (non-hydrogen) atoms. The molecule has 2 aromatic rings. The predicted molar refractivity (Wildman–Crippen MR) is 73.4 cm³/mol. The minimum atomic E-state index is 0.619. The van der Waals surface area contributed by atoms with Gasteiger partial charge in [0.25, 0.3) is 0 Å². The van der Waals surface area contributed by atoms with E-state index in [9.17, 15) is 0 Å². The van der Waals surface area contributed by atoms with Crippen LogP contribution in [-0.2, 0) is 0 Å². The van der Waals surface area contributed by atoms with Gasteiger partial charge in [-0.25, -0.2) is 4.98 Å².